The molecule has 2 nitrogen and oxygen atoms in total. The van der Waals surface area contributed by atoms with E-state index in [9.17, 15) is 4.79 Å². The van der Waals surface area contributed by atoms with E-state index in [1.165, 1.54) is 76.2 Å². The molecule has 0 amide bonds. The van der Waals surface area contributed by atoms with E-state index in [2.05, 4.69) is 40.6 Å². The summed E-state index contributed by atoms with van der Waals surface area (Å²) in [6, 6.07) is 0. The van der Waals surface area contributed by atoms with Crippen molar-refractivity contribution in [2.24, 2.45) is 58.2 Å². The van der Waals surface area contributed by atoms with Crippen LogP contribution >= 0.6 is 0 Å². The lowest BCUT2D eigenvalue weighted by Crippen LogP contribution is -2.56. The Kier molecular flexibility index (Phi) is 8.04. The van der Waals surface area contributed by atoms with Gasteiger partial charge in [0.2, 0.25) is 0 Å². The maximum absolute atomic E-state index is 12.6. The lowest BCUT2D eigenvalue weighted by Gasteiger charge is -2.63. The van der Waals surface area contributed by atoms with Gasteiger partial charge in [0.05, 0.1) is 0 Å². The largest absolute Gasteiger partial charge is 0.428 e. The zero-order valence-corrected chi connectivity index (χ0v) is 24.6. The fourth-order valence-electron chi connectivity index (χ4n) is 10.3. The first-order valence-corrected chi connectivity index (χ1v) is 15.4. The molecule has 0 saturated heterocycles. The van der Waals surface area contributed by atoms with Crippen LogP contribution in [0.1, 0.15) is 112 Å². The normalized spacial score (nSPS) is 44.5. The van der Waals surface area contributed by atoms with Gasteiger partial charge >= 0.3 is 0 Å². The van der Waals surface area contributed by atoms with Crippen LogP contribution in [0.25, 0.3) is 0 Å². The highest BCUT2D eigenvalue weighted by atomic mass is 28.2. The molecule has 0 radical (unpaired) electrons. The van der Waals surface area contributed by atoms with Gasteiger partial charge in [-0.3, -0.25) is 0 Å². The van der Waals surface area contributed by atoms with Crippen LogP contribution in [0.4, 0.5) is 0 Å². The van der Waals surface area contributed by atoms with Crippen LogP contribution in [0.3, 0.4) is 0 Å². The summed E-state index contributed by atoms with van der Waals surface area (Å²) in [5.74, 6) is 8.17. The summed E-state index contributed by atoms with van der Waals surface area (Å²) in [5, 5.41) is 0. The van der Waals surface area contributed by atoms with E-state index >= 15 is 0 Å². The van der Waals surface area contributed by atoms with Crippen molar-refractivity contribution in [2.75, 3.05) is 6.61 Å². The predicted octanol–water partition coefficient (Wildman–Crippen LogP) is 6.78. The Bertz CT molecular complexity index is 729. The first kappa shape index (κ1) is 25.7. The van der Waals surface area contributed by atoms with Gasteiger partial charge in [-0.05, 0) is 110 Å². The van der Waals surface area contributed by atoms with Crippen molar-refractivity contribution >= 4 is 16.4 Å². The summed E-state index contributed by atoms with van der Waals surface area (Å²) in [6.45, 7) is 13.5. The van der Waals surface area contributed by atoms with Gasteiger partial charge in [0.15, 0.2) is 0 Å². The van der Waals surface area contributed by atoms with Gasteiger partial charge in [0.25, 0.3) is 0 Å². The Morgan fingerprint density at radius 1 is 1.00 bits per heavy atom. The average Bonchev–Trinajstić information content (AvgIpc) is 3.15. The molecule has 0 aliphatic heterocycles. The molecule has 4 rings (SSSR count). The fraction of sp³-hybridized carbons (Fsp3) is 0.933. The first-order chi connectivity index (χ1) is 15.8. The molecule has 188 valence electrons. The summed E-state index contributed by atoms with van der Waals surface area (Å²) in [7, 11) is 0.863. The Balaban J connectivity index is 1.54. The Morgan fingerprint density at radius 2 is 1.76 bits per heavy atom. The molecular weight excluding hydrogens is 420 g/mol. The van der Waals surface area contributed by atoms with Crippen LogP contribution in [-0.2, 0) is 9.22 Å². The van der Waals surface area contributed by atoms with Crippen molar-refractivity contribution < 1.29 is 9.22 Å². The SMILES string of the molecule is CC[C@@H]1C(=C=O)[C@@H]2[C@H](CC[C@]3(C)[C@@H]([C@H](C)CCCC(C)CO[SiH3])CC[C@@H]23)[C@@]2(C)CCCC[C@@H]12. The van der Waals surface area contributed by atoms with Gasteiger partial charge in [0, 0.05) is 12.2 Å². The van der Waals surface area contributed by atoms with Crippen LogP contribution in [0.2, 0.25) is 0 Å². The minimum atomic E-state index is 0.419. The molecule has 33 heavy (non-hydrogen) atoms. The van der Waals surface area contributed by atoms with Gasteiger partial charge in [0.1, 0.15) is 16.4 Å². The van der Waals surface area contributed by atoms with Crippen molar-refractivity contribution in [3.8, 4) is 0 Å². The maximum Gasteiger partial charge on any atom is 0.145 e. The standard InChI is InChI=1S/C30H52O2Si/c1-6-22-23(18-31)28-26-14-13-24(21(3)11-9-10-20(2)19-32-33)30(26,5)17-15-27(28)29(4)16-8-7-12-25(22)29/h20-22,24-28H,6-17,19H2,1-5,33H3/t20?,21-,22-,24-,25+,26+,27+,28+,29+,30-/m1/s1. The van der Waals surface area contributed by atoms with Crippen molar-refractivity contribution in [3.63, 3.8) is 0 Å². The molecule has 0 heterocycles. The van der Waals surface area contributed by atoms with E-state index < -0.39 is 0 Å². The summed E-state index contributed by atoms with van der Waals surface area (Å²) < 4.78 is 5.49. The second kappa shape index (κ2) is 10.3. The van der Waals surface area contributed by atoms with E-state index in [0.717, 1.165) is 47.2 Å². The Labute approximate surface area is 207 Å². The molecule has 0 aromatic carbocycles. The summed E-state index contributed by atoms with van der Waals surface area (Å²) in [5.41, 5.74) is 2.12. The summed E-state index contributed by atoms with van der Waals surface area (Å²) in [4.78, 5) is 12.6. The van der Waals surface area contributed by atoms with E-state index in [1.54, 1.807) is 0 Å². The molecule has 0 aromatic rings. The van der Waals surface area contributed by atoms with Crippen LogP contribution in [0, 0.1) is 58.2 Å². The highest BCUT2D eigenvalue weighted by molar-refractivity contribution is 5.97. The number of hydrogen-bond donors (Lipinski definition) is 0. The third-order valence-corrected chi connectivity index (χ3v) is 12.1. The van der Waals surface area contributed by atoms with Crippen molar-refractivity contribution in [1.82, 2.24) is 0 Å². The molecule has 4 aliphatic carbocycles. The van der Waals surface area contributed by atoms with Crippen molar-refractivity contribution in [2.45, 2.75) is 112 Å². The smallest absolute Gasteiger partial charge is 0.145 e. The van der Waals surface area contributed by atoms with Gasteiger partial charge in [-0.2, -0.15) is 0 Å². The predicted molar refractivity (Wildman–Crippen MR) is 142 cm³/mol. The molecule has 3 heteroatoms. The lowest BCUT2D eigenvalue weighted by molar-refractivity contribution is -0.108. The highest BCUT2D eigenvalue weighted by Crippen LogP contribution is 2.70. The molecule has 10 atom stereocenters. The molecule has 0 bridgehead atoms. The number of hydrogen-bond acceptors (Lipinski definition) is 2. The second-order valence-electron chi connectivity index (χ2n) is 13.4. The van der Waals surface area contributed by atoms with E-state index in [1.807, 2.05) is 0 Å². The second-order valence-corrected chi connectivity index (χ2v) is 13.9. The highest BCUT2D eigenvalue weighted by Gasteiger charge is 2.63. The topological polar surface area (TPSA) is 26.3 Å². The van der Waals surface area contributed by atoms with Crippen LogP contribution < -0.4 is 0 Å². The molecule has 4 saturated carbocycles. The molecule has 1 unspecified atom stereocenters. The number of fused-ring (bicyclic) bond motifs is 5. The minimum Gasteiger partial charge on any atom is -0.428 e. The summed E-state index contributed by atoms with van der Waals surface area (Å²) in [6.07, 6.45) is 16.1. The van der Waals surface area contributed by atoms with Gasteiger partial charge < -0.3 is 4.43 Å². The van der Waals surface area contributed by atoms with Gasteiger partial charge in [-0.1, -0.05) is 60.3 Å². The molecule has 4 fully saturated rings. The van der Waals surface area contributed by atoms with Crippen LogP contribution in [0.15, 0.2) is 5.57 Å². The minimum absolute atomic E-state index is 0.419. The summed E-state index contributed by atoms with van der Waals surface area (Å²) >= 11 is 0. The molecule has 0 spiro atoms. The lowest BCUT2D eigenvalue weighted by atomic mass is 9.41. The van der Waals surface area contributed by atoms with Gasteiger partial charge in [-0.25, -0.2) is 4.79 Å². The zero-order valence-electron chi connectivity index (χ0n) is 22.6. The number of rotatable bonds is 8. The number of allylic oxidation sites excluding steroid dienone is 1. The van der Waals surface area contributed by atoms with E-state index in [4.69, 9.17) is 4.43 Å². The number of carbonyl (C=O) groups excluding carboxylic acids is 1. The van der Waals surface area contributed by atoms with Crippen LogP contribution in [-0.4, -0.2) is 23.0 Å². The Hall–Kier alpha value is -0.373. The van der Waals surface area contributed by atoms with Crippen molar-refractivity contribution in [1.29, 1.82) is 0 Å². The third-order valence-electron chi connectivity index (χ3n) is 11.8. The third kappa shape index (κ3) is 4.38. The van der Waals surface area contributed by atoms with Gasteiger partial charge in [-0.15, -0.1) is 0 Å². The average molecular weight is 473 g/mol. The van der Waals surface area contributed by atoms with E-state index in [-0.39, 0.29) is 0 Å². The molecule has 0 aromatic heterocycles. The maximum atomic E-state index is 12.6. The van der Waals surface area contributed by atoms with E-state index in [0.29, 0.717) is 34.5 Å². The monoisotopic (exact) mass is 472 g/mol. The first-order valence-electron chi connectivity index (χ1n) is 14.6. The Morgan fingerprint density at radius 3 is 2.45 bits per heavy atom. The van der Waals surface area contributed by atoms with Crippen molar-refractivity contribution in [3.05, 3.63) is 5.57 Å². The molecular formula is C30H52O2Si. The molecule has 4 aliphatic rings. The zero-order chi connectivity index (χ0) is 23.8. The molecule has 0 N–H and O–H groups in total. The quantitative estimate of drug-likeness (QED) is 0.287. The van der Waals surface area contributed by atoms with Crippen LogP contribution in [0.5, 0.6) is 0 Å². The fourth-order valence-corrected chi connectivity index (χ4v) is 10.8.